The first-order valence-corrected chi connectivity index (χ1v) is 11.5. The molecule has 0 radical (unpaired) electrons. The van der Waals surface area contributed by atoms with Crippen molar-refractivity contribution in [1.82, 2.24) is 4.98 Å². The molecule has 154 valence electrons. The molecule has 3 rings (SSSR count). The van der Waals surface area contributed by atoms with E-state index in [2.05, 4.69) is 46.8 Å². The zero-order valence-corrected chi connectivity index (χ0v) is 21.6. The largest absolute Gasteiger partial charge is 0.243 e. The maximum Gasteiger partial charge on any atom is 0.155 e. The molecule has 0 unspecified atom stereocenters. The van der Waals surface area contributed by atoms with E-state index in [4.69, 9.17) is 23.2 Å². The highest BCUT2D eigenvalue weighted by molar-refractivity contribution is 9.10. The first-order valence-electron chi connectivity index (χ1n) is 9.15. The Bertz CT molecular complexity index is 1050. The van der Waals surface area contributed by atoms with Crippen LogP contribution in [0, 0.1) is 27.7 Å². The molecule has 0 spiro atoms. The summed E-state index contributed by atoms with van der Waals surface area (Å²) in [6, 6.07) is 13.5. The van der Waals surface area contributed by atoms with Gasteiger partial charge in [0.15, 0.2) is 10.3 Å². The number of aromatic nitrogens is 1. The maximum atomic E-state index is 6.52. The molecule has 0 saturated carbocycles. The summed E-state index contributed by atoms with van der Waals surface area (Å²) < 4.78 is 2.02. The molecule has 0 bridgehead atoms. The van der Waals surface area contributed by atoms with Crippen molar-refractivity contribution >= 4 is 76.8 Å². The lowest BCUT2D eigenvalue weighted by atomic mass is 10.1. The van der Waals surface area contributed by atoms with E-state index in [1.54, 1.807) is 12.1 Å². The number of benzene rings is 2. The minimum absolute atomic E-state index is 0.297. The molecule has 30 heavy (non-hydrogen) atoms. The number of halogens is 4. The molecule has 0 aliphatic rings. The zero-order valence-electron chi connectivity index (χ0n) is 16.9. The van der Waals surface area contributed by atoms with Crippen LogP contribution in [0.15, 0.2) is 61.4 Å². The van der Waals surface area contributed by atoms with Gasteiger partial charge in [-0.2, -0.15) is 0 Å². The first-order chi connectivity index (χ1) is 14.2. The summed E-state index contributed by atoms with van der Waals surface area (Å²) in [5.41, 5.74) is 6.83. The van der Waals surface area contributed by atoms with Gasteiger partial charge in [-0.15, -0.1) is 0 Å². The molecule has 0 saturated heterocycles. The average Bonchev–Trinajstić information content (AvgIpc) is 2.67. The predicted molar refractivity (Wildman–Crippen MR) is 136 cm³/mol. The Labute approximate surface area is 203 Å². The second kappa shape index (κ2) is 9.73. The van der Waals surface area contributed by atoms with Crippen LogP contribution in [-0.2, 0) is 0 Å². The lowest BCUT2D eigenvalue weighted by molar-refractivity contribution is 1.25. The van der Waals surface area contributed by atoms with Crippen LogP contribution in [0.3, 0.4) is 0 Å². The van der Waals surface area contributed by atoms with Crippen molar-refractivity contribution in [1.29, 1.82) is 0 Å². The molecular weight excluding hydrogens is 549 g/mol. The van der Waals surface area contributed by atoms with Gasteiger partial charge in [-0.25, -0.2) is 15.0 Å². The van der Waals surface area contributed by atoms with E-state index in [0.29, 0.717) is 21.7 Å². The van der Waals surface area contributed by atoms with Crippen LogP contribution in [0.5, 0.6) is 0 Å². The number of aryl methyl sites for hydroxylation is 4. The average molecular weight is 568 g/mol. The summed E-state index contributed by atoms with van der Waals surface area (Å²) in [4.78, 5) is 13.8. The fourth-order valence-electron chi connectivity index (χ4n) is 3.13. The minimum Gasteiger partial charge on any atom is -0.243 e. The van der Waals surface area contributed by atoms with Crippen molar-refractivity contribution in [2.75, 3.05) is 0 Å². The van der Waals surface area contributed by atoms with Crippen molar-refractivity contribution in [2.45, 2.75) is 27.7 Å². The summed E-state index contributed by atoms with van der Waals surface area (Å²) in [5.74, 6) is 0. The predicted octanol–water partition coefficient (Wildman–Crippen LogP) is 8.47. The van der Waals surface area contributed by atoms with Gasteiger partial charge >= 0.3 is 0 Å². The molecule has 7 heteroatoms. The molecule has 0 fully saturated rings. The Morgan fingerprint density at radius 1 is 0.700 bits per heavy atom. The Morgan fingerprint density at radius 2 is 1.03 bits per heavy atom. The highest BCUT2D eigenvalue weighted by atomic mass is 79.9. The lowest BCUT2D eigenvalue weighted by Gasteiger charge is -2.08. The molecule has 0 aliphatic heterocycles. The molecule has 0 amide bonds. The van der Waals surface area contributed by atoms with Crippen LogP contribution in [0.4, 0.5) is 11.4 Å². The van der Waals surface area contributed by atoms with Gasteiger partial charge in [-0.1, -0.05) is 61.1 Å². The smallest absolute Gasteiger partial charge is 0.155 e. The third kappa shape index (κ3) is 5.38. The van der Waals surface area contributed by atoms with E-state index in [1.807, 2.05) is 58.0 Å². The second-order valence-electron chi connectivity index (χ2n) is 6.99. The SMILES string of the molecule is Cc1cc(Br)cc(C)c1N=C(Cl)c1cccc(C(Cl)=Nc2c(C)cc(Br)cc2C)n1. The van der Waals surface area contributed by atoms with Crippen molar-refractivity contribution in [2.24, 2.45) is 9.98 Å². The van der Waals surface area contributed by atoms with Crippen molar-refractivity contribution in [3.8, 4) is 0 Å². The summed E-state index contributed by atoms with van der Waals surface area (Å²) in [6.07, 6.45) is 0. The summed E-state index contributed by atoms with van der Waals surface area (Å²) >= 11 is 20.0. The quantitative estimate of drug-likeness (QED) is 0.291. The number of hydrogen-bond donors (Lipinski definition) is 0. The molecule has 2 aromatic carbocycles. The maximum absolute atomic E-state index is 6.52. The Balaban J connectivity index is 1.99. The molecule has 1 aromatic heterocycles. The van der Waals surface area contributed by atoms with E-state index in [0.717, 1.165) is 42.6 Å². The first kappa shape index (κ1) is 23.1. The van der Waals surface area contributed by atoms with Crippen LogP contribution < -0.4 is 0 Å². The lowest BCUT2D eigenvalue weighted by Crippen LogP contribution is -2.02. The summed E-state index contributed by atoms with van der Waals surface area (Å²) in [6.45, 7) is 7.99. The Hall–Kier alpha value is -1.53. The molecule has 3 aromatic rings. The number of hydrogen-bond acceptors (Lipinski definition) is 3. The van der Waals surface area contributed by atoms with Crippen LogP contribution >= 0.6 is 55.1 Å². The van der Waals surface area contributed by atoms with Gasteiger partial charge in [0.05, 0.1) is 11.4 Å². The van der Waals surface area contributed by atoms with Gasteiger partial charge in [0.1, 0.15) is 11.4 Å². The van der Waals surface area contributed by atoms with E-state index in [-0.39, 0.29) is 0 Å². The third-order valence-corrected chi connectivity index (χ3v) is 5.98. The minimum atomic E-state index is 0.297. The number of nitrogens with zero attached hydrogens (tertiary/aromatic N) is 3. The molecule has 0 aliphatic carbocycles. The molecule has 1 heterocycles. The van der Waals surface area contributed by atoms with Gasteiger partial charge in [0.2, 0.25) is 0 Å². The molecule has 3 nitrogen and oxygen atoms in total. The van der Waals surface area contributed by atoms with Crippen LogP contribution in [0.25, 0.3) is 0 Å². The van der Waals surface area contributed by atoms with Crippen molar-refractivity contribution < 1.29 is 0 Å². The monoisotopic (exact) mass is 565 g/mol. The summed E-state index contributed by atoms with van der Waals surface area (Å²) in [5, 5.41) is 0.594. The van der Waals surface area contributed by atoms with Crippen LogP contribution in [0.2, 0.25) is 0 Å². The summed E-state index contributed by atoms with van der Waals surface area (Å²) in [7, 11) is 0. The van der Waals surface area contributed by atoms with Crippen LogP contribution in [-0.4, -0.2) is 15.3 Å². The zero-order chi connectivity index (χ0) is 22.0. The third-order valence-electron chi connectivity index (χ3n) is 4.50. The second-order valence-corrected chi connectivity index (χ2v) is 9.54. The highest BCUT2D eigenvalue weighted by Gasteiger charge is 2.11. The normalized spacial score (nSPS) is 12.4. The number of rotatable bonds is 4. The highest BCUT2D eigenvalue weighted by Crippen LogP contribution is 2.30. The van der Waals surface area contributed by atoms with E-state index < -0.39 is 0 Å². The van der Waals surface area contributed by atoms with E-state index in [1.165, 1.54) is 0 Å². The Morgan fingerprint density at radius 3 is 1.37 bits per heavy atom. The van der Waals surface area contributed by atoms with Crippen molar-refractivity contribution in [3.63, 3.8) is 0 Å². The number of aliphatic imine (C=N–C) groups is 2. The Kier molecular flexibility index (Phi) is 7.51. The molecule has 0 atom stereocenters. The number of pyridine rings is 1. The van der Waals surface area contributed by atoms with E-state index >= 15 is 0 Å². The fourth-order valence-corrected chi connectivity index (χ4v) is 4.89. The van der Waals surface area contributed by atoms with Gasteiger partial charge < -0.3 is 0 Å². The van der Waals surface area contributed by atoms with Gasteiger partial charge in [0, 0.05) is 8.95 Å². The van der Waals surface area contributed by atoms with Crippen LogP contribution in [0.1, 0.15) is 33.6 Å². The molecule has 0 N–H and O–H groups in total. The van der Waals surface area contributed by atoms with Gasteiger partial charge in [-0.3, -0.25) is 0 Å². The van der Waals surface area contributed by atoms with Crippen molar-refractivity contribution in [3.05, 3.63) is 85.1 Å². The van der Waals surface area contributed by atoms with Gasteiger partial charge in [0.25, 0.3) is 0 Å². The molecular formula is C23H19Br2Cl2N3. The fraction of sp³-hybridized carbons (Fsp3) is 0.174. The van der Waals surface area contributed by atoms with Gasteiger partial charge in [-0.05, 0) is 86.3 Å². The topological polar surface area (TPSA) is 37.6 Å². The standard InChI is InChI=1S/C23H19Br2Cl2N3/c1-12-8-16(24)9-13(2)20(12)29-22(26)18-6-5-7-19(28-18)23(27)30-21-14(3)10-17(25)11-15(21)4/h5-11H,1-4H3. The van der Waals surface area contributed by atoms with E-state index in [9.17, 15) is 0 Å².